The normalized spacial score (nSPS) is 18.8. The lowest BCUT2D eigenvalue weighted by Crippen LogP contribution is -2.38. The lowest BCUT2D eigenvalue weighted by Gasteiger charge is -2.22. The van der Waals surface area contributed by atoms with Gasteiger partial charge in [0.05, 0.1) is 11.8 Å². The van der Waals surface area contributed by atoms with E-state index in [1.807, 2.05) is 18.2 Å². The minimum Gasteiger partial charge on any atom is -0.398 e. The molecule has 0 atom stereocenters. The molecule has 3 heterocycles. The second-order valence-electron chi connectivity index (χ2n) is 8.97. The molecule has 0 spiro atoms. The minimum absolute atomic E-state index is 0.129. The second-order valence-corrected chi connectivity index (χ2v) is 11.0. The molecule has 1 fully saturated rings. The Bertz CT molecular complexity index is 1560. The number of anilines is 1. The minimum atomic E-state index is 0.129. The van der Waals surface area contributed by atoms with Crippen LogP contribution in [0.1, 0.15) is 51.0 Å². The van der Waals surface area contributed by atoms with Gasteiger partial charge in [-0.1, -0.05) is 55.3 Å². The Hall–Kier alpha value is -2.77. The van der Waals surface area contributed by atoms with Crippen molar-refractivity contribution >= 4 is 51.0 Å². The zero-order valence-electron chi connectivity index (χ0n) is 19.5. The van der Waals surface area contributed by atoms with E-state index in [2.05, 4.69) is 64.4 Å². The Morgan fingerprint density at radius 3 is 2.65 bits per heavy atom. The maximum absolute atomic E-state index is 13.9. The van der Waals surface area contributed by atoms with Crippen LogP contribution in [0, 0.1) is 0 Å². The van der Waals surface area contributed by atoms with Gasteiger partial charge in [-0.25, -0.2) is 0 Å². The van der Waals surface area contributed by atoms with Crippen LogP contribution in [0.4, 0.5) is 5.69 Å². The summed E-state index contributed by atoms with van der Waals surface area (Å²) in [4.78, 5) is 17.3. The molecule has 5 nitrogen and oxygen atoms in total. The lowest BCUT2D eigenvalue weighted by molar-refractivity contribution is -0.674. The number of aryl methyl sites for hydroxylation is 1. The van der Waals surface area contributed by atoms with Gasteiger partial charge in [-0.15, -0.1) is 11.3 Å². The number of aromatic nitrogens is 2. The van der Waals surface area contributed by atoms with Crippen molar-refractivity contribution in [1.29, 1.82) is 0 Å². The fourth-order valence-electron chi connectivity index (χ4n) is 5.22. The van der Waals surface area contributed by atoms with Gasteiger partial charge in [0.2, 0.25) is 5.58 Å². The summed E-state index contributed by atoms with van der Waals surface area (Å²) in [6.07, 6.45) is 7.82. The number of thioether (sulfide) groups is 1. The Labute approximate surface area is 206 Å². The summed E-state index contributed by atoms with van der Waals surface area (Å²) in [5.41, 5.74) is 3.24. The number of hydrogen-bond acceptors (Lipinski definition) is 5. The van der Waals surface area contributed by atoms with E-state index in [9.17, 15) is 4.79 Å². The van der Waals surface area contributed by atoms with Gasteiger partial charge in [-0.2, -0.15) is 4.57 Å². The molecule has 4 aromatic rings. The highest BCUT2D eigenvalue weighted by Crippen LogP contribution is 2.45. The van der Waals surface area contributed by atoms with Gasteiger partial charge in [0.15, 0.2) is 0 Å². The number of thiazole rings is 1. The van der Waals surface area contributed by atoms with Crippen LogP contribution in [0.2, 0.25) is 0 Å². The maximum atomic E-state index is 13.9. The molecule has 0 amide bonds. The van der Waals surface area contributed by atoms with Crippen molar-refractivity contribution in [2.75, 3.05) is 11.9 Å². The first-order valence-electron chi connectivity index (χ1n) is 12.0. The van der Waals surface area contributed by atoms with Crippen molar-refractivity contribution in [3.63, 3.8) is 0 Å². The molecular formula is C27H28N3O2S2+. The first-order valence-corrected chi connectivity index (χ1v) is 13.7. The molecule has 1 aliphatic carbocycles. The predicted molar refractivity (Wildman–Crippen MR) is 140 cm³/mol. The number of fused-ring (bicyclic) bond motifs is 2. The van der Waals surface area contributed by atoms with Crippen molar-refractivity contribution in [3.8, 4) is 0 Å². The Balaban J connectivity index is 1.60. The molecule has 0 bridgehead atoms. The van der Waals surface area contributed by atoms with E-state index >= 15 is 0 Å². The molecule has 0 saturated heterocycles. The highest BCUT2D eigenvalue weighted by Gasteiger charge is 2.27. The predicted octanol–water partition coefficient (Wildman–Crippen LogP) is 4.61. The van der Waals surface area contributed by atoms with E-state index in [1.54, 1.807) is 23.1 Å². The Morgan fingerprint density at radius 2 is 1.85 bits per heavy atom. The smallest absolute Gasteiger partial charge is 0.377 e. The van der Waals surface area contributed by atoms with Gasteiger partial charge in [0.1, 0.15) is 20.8 Å². The van der Waals surface area contributed by atoms with Crippen LogP contribution < -0.4 is 24.2 Å². The number of oxazole rings is 1. The molecule has 1 saturated carbocycles. The van der Waals surface area contributed by atoms with E-state index in [0.717, 1.165) is 56.3 Å². The number of rotatable bonds is 3. The van der Waals surface area contributed by atoms with Gasteiger partial charge in [0.25, 0.3) is 11.1 Å². The molecule has 0 unspecified atom stereocenters. The van der Waals surface area contributed by atoms with E-state index in [-0.39, 0.29) is 11.6 Å². The summed E-state index contributed by atoms with van der Waals surface area (Å²) < 4.78 is 12.3. The molecule has 2 aromatic heterocycles. The van der Waals surface area contributed by atoms with Crippen LogP contribution in [0.15, 0.2) is 62.6 Å². The number of benzene rings is 2. The molecule has 6 rings (SSSR count). The highest BCUT2D eigenvalue weighted by atomic mass is 32.2. The zero-order chi connectivity index (χ0) is 23.2. The molecule has 34 heavy (non-hydrogen) atoms. The number of nitrogens with zero attached hydrogens (tertiary/aromatic N) is 3. The van der Waals surface area contributed by atoms with Crippen molar-refractivity contribution in [3.05, 3.63) is 74.0 Å². The molecule has 0 N–H and O–H groups in total. The van der Waals surface area contributed by atoms with Gasteiger partial charge in [-0.05, 0) is 38.0 Å². The SMILES string of the molecule is CC[n+]1c(C=c2s/c(=C3\Sc4ccccc4N3C)c(=O)n2C2CCCCC2)oc2ccccc21. The second kappa shape index (κ2) is 8.78. The van der Waals surface area contributed by atoms with Gasteiger partial charge >= 0.3 is 5.89 Å². The molecule has 7 heteroatoms. The third-order valence-electron chi connectivity index (χ3n) is 6.93. The van der Waals surface area contributed by atoms with Gasteiger partial charge in [-0.3, -0.25) is 9.36 Å². The fraction of sp³-hybridized carbons (Fsp3) is 0.333. The summed E-state index contributed by atoms with van der Waals surface area (Å²) >= 11 is 3.29. The van der Waals surface area contributed by atoms with Crippen LogP contribution in [-0.4, -0.2) is 11.6 Å². The van der Waals surface area contributed by atoms with Crippen LogP contribution in [0.5, 0.6) is 0 Å². The van der Waals surface area contributed by atoms with E-state index < -0.39 is 0 Å². The van der Waals surface area contributed by atoms with Crippen molar-refractivity contribution in [1.82, 2.24) is 4.57 Å². The highest BCUT2D eigenvalue weighted by molar-refractivity contribution is 8.08. The van der Waals surface area contributed by atoms with Crippen molar-refractivity contribution in [2.24, 2.45) is 0 Å². The van der Waals surface area contributed by atoms with Crippen molar-refractivity contribution in [2.45, 2.75) is 56.5 Å². The topological polar surface area (TPSA) is 42.3 Å². The summed E-state index contributed by atoms with van der Waals surface area (Å²) in [7, 11) is 2.06. The third kappa shape index (κ3) is 3.53. The molecule has 174 valence electrons. The standard InChI is InChI=1S/C27H28N3O2S2/c1-3-29-19-13-7-9-15-21(19)32-23(29)17-24-30(18-11-5-4-6-12-18)26(31)25(34-24)27-28(2)20-14-8-10-16-22(20)33-27/h7-10,13-18H,3-6,11-12H2,1-2H3/q+1/b27-25-. The molecule has 0 radical (unpaired) electrons. The third-order valence-corrected chi connectivity index (χ3v) is 9.39. The summed E-state index contributed by atoms with van der Waals surface area (Å²) in [6.45, 7) is 2.94. The number of para-hydroxylation sites is 3. The zero-order valence-corrected chi connectivity index (χ0v) is 21.1. The average molecular weight is 491 g/mol. The summed E-state index contributed by atoms with van der Waals surface area (Å²) in [5.74, 6) is 0.793. The van der Waals surface area contributed by atoms with E-state index in [1.165, 1.54) is 24.2 Å². The maximum Gasteiger partial charge on any atom is 0.377 e. The molecular weight excluding hydrogens is 462 g/mol. The summed E-state index contributed by atoms with van der Waals surface area (Å²) in [5, 5.41) is 1.02. The Kier molecular flexibility index (Phi) is 5.62. The number of hydrogen-bond donors (Lipinski definition) is 0. The quantitative estimate of drug-likeness (QED) is 0.394. The molecule has 2 aliphatic rings. The average Bonchev–Trinajstić information content (AvgIpc) is 3.50. The summed E-state index contributed by atoms with van der Waals surface area (Å²) in [6, 6.07) is 16.7. The monoisotopic (exact) mass is 490 g/mol. The molecule has 2 aromatic carbocycles. The largest absolute Gasteiger partial charge is 0.398 e. The molecule has 1 aliphatic heterocycles. The van der Waals surface area contributed by atoms with E-state index in [4.69, 9.17) is 4.42 Å². The van der Waals surface area contributed by atoms with Crippen LogP contribution in [-0.2, 0) is 6.54 Å². The first kappa shape index (κ1) is 21.7. The van der Waals surface area contributed by atoms with Crippen LogP contribution >= 0.6 is 23.1 Å². The fourth-order valence-corrected chi connectivity index (χ4v) is 7.66. The van der Waals surface area contributed by atoms with Crippen LogP contribution in [0.3, 0.4) is 0 Å². The van der Waals surface area contributed by atoms with E-state index in [0.29, 0.717) is 0 Å². The lowest BCUT2D eigenvalue weighted by atomic mass is 9.95. The van der Waals surface area contributed by atoms with Crippen LogP contribution in [0.25, 0.3) is 22.2 Å². The van der Waals surface area contributed by atoms with Crippen molar-refractivity contribution < 1.29 is 8.98 Å². The first-order chi connectivity index (χ1) is 16.7. The van der Waals surface area contributed by atoms with Gasteiger partial charge in [0, 0.05) is 24.1 Å². The Morgan fingerprint density at radius 1 is 1.09 bits per heavy atom. The van der Waals surface area contributed by atoms with Gasteiger partial charge < -0.3 is 9.32 Å².